The number of nitrogens with zero attached hydrogens (tertiary/aromatic N) is 1. The van der Waals surface area contributed by atoms with Crippen LogP contribution in [0.3, 0.4) is 0 Å². The number of hydrogen-bond acceptors (Lipinski definition) is 6. The summed E-state index contributed by atoms with van der Waals surface area (Å²) >= 11 is 5.61. The molecule has 0 aliphatic carbocycles. The average molecular weight is 247 g/mol. The topological polar surface area (TPSA) is 50.9 Å². The summed E-state index contributed by atoms with van der Waals surface area (Å²) in [6, 6.07) is 0. The van der Waals surface area contributed by atoms with Crippen LogP contribution in [0.1, 0.15) is 0 Å². The van der Waals surface area contributed by atoms with Gasteiger partial charge in [-0.15, -0.1) is 0 Å². The molecule has 3 nitrogen and oxygen atoms in total. The molecule has 1 atom stereocenters. The van der Waals surface area contributed by atoms with Gasteiger partial charge >= 0.3 is 0 Å². The molecule has 1 fully saturated rings. The Morgan fingerprint density at radius 3 is 3.14 bits per heavy atom. The summed E-state index contributed by atoms with van der Waals surface area (Å²) in [5.74, 6) is 3.82. The lowest BCUT2D eigenvalue weighted by Gasteiger charge is -2.20. The fourth-order valence-electron chi connectivity index (χ4n) is 1.22. The van der Waals surface area contributed by atoms with Gasteiger partial charge in [0.25, 0.3) is 0 Å². The number of rotatable bonds is 3. The first-order chi connectivity index (χ1) is 6.84. The van der Waals surface area contributed by atoms with E-state index in [1.165, 1.54) is 28.6 Å². The van der Waals surface area contributed by atoms with E-state index in [9.17, 15) is 0 Å². The molecular formula is C8H13N3S3. The lowest BCUT2D eigenvalue weighted by Crippen LogP contribution is -2.23. The van der Waals surface area contributed by atoms with Gasteiger partial charge in [0.05, 0.1) is 6.20 Å². The molecule has 1 unspecified atom stereocenters. The van der Waals surface area contributed by atoms with Crippen LogP contribution in [0.25, 0.3) is 0 Å². The molecule has 0 spiro atoms. The predicted octanol–water partition coefficient (Wildman–Crippen LogP) is 1.99. The number of nitrogen functional groups attached to an aromatic ring is 1. The summed E-state index contributed by atoms with van der Waals surface area (Å²) in [5.41, 5.74) is 5.59. The molecule has 1 aliphatic rings. The molecule has 3 N–H and O–H groups in total. The number of nitrogens with one attached hydrogen (secondary N) is 1. The fraction of sp³-hybridized carbons (Fsp3) is 0.625. The van der Waals surface area contributed by atoms with Gasteiger partial charge in [0.15, 0.2) is 5.13 Å². The smallest absolute Gasteiger partial charge is 0.184 e. The Labute approximate surface area is 96.2 Å². The van der Waals surface area contributed by atoms with E-state index in [2.05, 4.69) is 22.1 Å². The summed E-state index contributed by atoms with van der Waals surface area (Å²) in [7, 11) is 0. The van der Waals surface area contributed by atoms with E-state index in [1.54, 1.807) is 6.20 Å². The molecule has 0 saturated carbocycles. The zero-order chi connectivity index (χ0) is 9.80. The summed E-state index contributed by atoms with van der Waals surface area (Å²) in [6.45, 7) is 1.00. The molecule has 2 rings (SSSR count). The van der Waals surface area contributed by atoms with Crippen LogP contribution in [0.15, 0.2) is 6.20 Å². The Bertz CT molecular complexity index is 283. The van der Waals surface area contributed by atoms with Crippen LogP contribution in [-0.4, -0.2) is 34.0 Å². The number of hydrogen-bond donors (Lipinski definition) is 2. The van der Waals surface area contributed by atoms with Crippen molar-refractivity contribution in [2.24, 2.45) is 0 Å². The standard InChI is InChI=1S/C8H13N3S3/c9-7-4-11-8(14-7)10-3-6-5-12-1-2-13-6/h4,6H,1-3,5,9H2,(H,10,11). The summed E-state index contributed by atoms with van der Waals surface area (Å²) in [4.78, 5) is 4.17. The normalized spacial score (nSPS) is 22.1. The molecule has 0 amide bonds. The van der Waals surface area contributed by atoms with Crippen LogP contribution in [-0.2, 0) is 0 Å². The van der Waals surface area contributed by atoms with Crippen LogP contribution in [0.4, 0.5) is 10.1 Å². The summed E-state index contributed by atoms with van der Waals surface area (Å²) in [5, 5.41) is 5.77. The van der Waals surface area contributed by atoms with Gasteiger partial charge in [-0.1, -0.05) is 11.3 Å². The Morgan fingerprint density at radius 2 is 2.50 bits per heavy atom. The average Bonchev–Trinajstić information content (AvgIpc) is 2.63. The molecule has 0 radical (unpaired) electrons. The van der Waals surface area contributed by atoms with E-state index in [4.69, 9.17) is 5.73 Å². The third-order valence-corrected chi connectivity index (χ3v) is 5.52. The highest BCUT2D eigenvalue weighted by Crippen LogP contribution is 2.25. The second kappa shape index (κ2) is 5.14. The Morgan fingerprint density at radius 1 is 1.57 bits per heavy atom. The fourth-order valence-corrected chi connectivity index (χ4v) is 4.43. The first-order valence-electron chi connectivity index (χ1n) is 4.49. The molecule has 2 heterocycles. The Kier molecular flexibility index (Phi) is 3.83. The predicted molar refractivity (Wildman–Crippen MR) is 68.6 cm³/mol. The minimum Gasteiger partial charge on any atom is -0.389 e. The third-order valence-electron chi connectivity index (χ3n) is 1.89. The van der Waals surface area contributed by atoms with Crippen molar-refractivity contribution in [2.75, 3.05) is 34.9 Å². The van der Waals surface area contributed by atoms with Crippen molar-refractivity contribution in [3.8, 4) is 0 Å². The summed E-state index contributed by atoms with van der Waals surface area (Å²) < 4.78 is 0. The van der Waals surface area contributed by atoms with Gasteiger partial charge in [-0.3, -0.25) is 0 Å². The highest BCUT2D eigenvalue weighted by Gasteiger charge is 2.14. The number of anilines is 2. The van der Waals surface area contributed by atoms with E-state index in [0.29, 0.717) is 0 Å². The van der Waals surface area contributed by atoms with Gasteiger partial charge in [-0.25, -0.2) is 4.98 Å². The lowest BCUT2D eigenvalue weighted by molar-refractivity contribution is 1.00. The maximum atomic E-state index is 5.59. The molecular weight excluding hydrogens is 234 g/mol. The van der Waals surface area contributed by atoms with E-state index < -0.39 is 0 Å². The Balaban J connectivity index is 1.76. The first kappa shape index (κ1) is 10.4. The van der Waals surface area contributed by atoms with Crippen LogP contribution >= 0.6 is 34.9 Å². The van der Waals surface area contributed by atoms with Gasteiger partial charge in [0.1, 0.15) is 5.00 Å². The quantitative estimate of drug-likeness (QED) is 0.855. The molecule has 6 heteroatoms. The Hall–Kier alpha value is -0.0700. The molecule has 14 heavy (non-hydrogen) atoms. The van der Waals surface area contributed by atoms with E-state index in [-0.39, 0.29) is 0 Å². The second-order valence-electron chi connectivity index (χ2n) is 3.02. The second-order valence-corrected chi connectivity index (χ2v) is 6.64. The van der Waals surface area contributed by atoms with Gasteiger partial charge in [-0.05, 0) is 0 Å². The van der Waals surface area contributed by atoms with E-state index >= 15 is 0 Å². The lowest BCUT2D eigenvalue weighted by atomic mass is 10.5. The minimum atomic E-state index is 0.721. The maximum Gasteiger partial charge on any atom is 0.184 e. The van der Waals surface area contributed by atoms with Gasteiger partial charge in [0, 0.05) is 29.1 Å². The number of nitrogens with two attached hydrogens (primary N) is 1. The molecule has 1 aliphatic heterocycles. The van der Waals surface area contributed by atoms with Gasteiger partial charge < -0.3 is 11.1 Å². The molecule has 1 saturated heterocycles. The van der Waals surface area contributed by atoms with E-state index in [1.807, 2.05) is 11.8 Å². The monoisotopic (exact) mass is 247 g/mol. The van der Waals surface area contributed by atoms with Crippen LogP contribution < -0.4 is 11.1 Å². The minimum absolute atomic E-state index is 0.721. The highest BCUT2D eigenvalue weighted by molar-refractivity contribution is 8.06. The zero-order valence-corrected chi connectivity index (χ0v) is 10.2. The van der Waals surface area contributed by atoms with Crippen molar-refractivity contribution < 1.29 is 0 Å². The van der Waals surface area contributed by atoms with Crippen LogP contribution in [0.2, 0.25) is 0 Å². The molecule has 78 valence electrons. The number of thiazole rings is 1. The number of aromatic nitrogens is 1. The third kappa shape index (κ3) is 2.96. The number of thioether (sulfide) groups is 2. The maximum absolute atomic E-state index is 5.59. The highest BCUT2D eigenvalue weighted by atomic mass is 32.2. The van der Waals surface area contributed by atoms with Crippen molar-refractivity contribution in [3.05, 3.63) is 6.20 Å². The van der Waals surface area contributed by atoms with Crippen LogP contribution in [0, 0.1) is 0 Å². The molecule has 0 bridgehead atoms. The summed E-state index contributed by atoms with van der Waals surface area (Å²) in [6.07, 6.45) is 1.70. The largest absolute Gasteiger partial charge is 0.389 e. The molecule has 1 aromatic heterocycles. The van der Waals surface area contributed by atoms with Crippen LogP contribution in [0.5, 0.6) is 0 Å². The molecule has 1 aromatic rings. The first-order valence-corrected chi connectivity index (χ1v) is 7.51. The van der Waals surface area contributed by atoms with Gasteiger partial charge in [0.2, 0.25) is 0 Å². The molecule has 0 aromatic carbocycles. The SMILES string of the molecule is Nc1cnc(NCC2CSCCS2)s1. The van der Waals surface area contributed by atoms with Crippen molar-refractivity contribution in [2.45, 2.75) is 5.25 Å². The van der Waals surface area contributed by atoms with Crippen molar-refractivity contribution in [1.82, 2.24) is 4.98 Å². The van der Waals surface area contributed by atoms with Crippen molar-refractivity contribution in [3.63, 3.8) is 0 Å². The van der Waals surface area contributed by atoms with Crippen molar-refractivity contribution in [1.29, 1.82) is 0 Å². The zero-order valence-electron chi connectivity index (χ0n) is 7.73. The van der Waals surface area contributed by atoms with E-state index in [0.717, 1.165) is 21.9 Å². The van der Waals surface area contributed by atoms with Crippen molar-refractivity contribution >= 4 is 45.0 Å². The van der Waals surface area contributed by atoms with Gasteiger partial charge in [-0.2, -0.15) is 23.5 Å².